The Hall–Kier alpha value is -3.12. The van der Waals surface area contributed by atoms with E-state index in [1.807, 2.05) is 72.8 Å². The van der Waals surface area contributed by atoms with Gasteiger partial charge in [0.2, 0.25) is 0 Å². The van der Waals surface area contributed by atoms with Gasteiger partial charge in [-0.1, -0.05) is 67.0 Å². The Balaban J connectivity index is 1.47. The number of nitrogens with zero attached hydrogens (tertiary/aromatic N) is 1. The summed E-state index contributed by atoms with van der Waals surface area (Å²) in [6.45, 7) is 6.70. The molecule has 3 rings (SSSR count). The van der Waals surface area contributed by atoms with Crippen molar-refractivity contribution in [3.05, 3.63) is 94.0 Å². The monoisotopic (exact) mass is 494 g/mol. The number of carbonyl (C=O) groups excluding carboxylic acids is 1. The molecule has 6 heteroatoms. The average Bonchev–Trinajstić information content (AvgIpc) is 2.78. The molecule has 0 bridgehead atoms. The van der Waals surface area contributed by atoms with Crippen LogP contribution >= 0.6 is 15.9 Å². The Morgan fingerprint density at radius 1 is 1.00 bits per heavy atom. The third kappa shape index (κ3) is 7.24. The molecule has 1 N–H and O–H groups in total. The van der Waals surface area contributed by atoms with E-state index in [-0.39, 0.29) is 17.9 Å². The van der Waals surface area contributed by atoms with Gasteiger partial charge in [-0.2, -0.15) is 5.10 Å². The summed E-state index contributed by atoms with van der Waals surface area (Å²) in [4.78, 5) is 12.1. The van der Waals surface area contributed by atoms with Crippen molar-refractivity contribution in [1.82, 2.24) is 5.43 Å². The van der Waals surface area contributed by atoms with Gasteiger partial charge < -0.3 is 9.47 Å². The number of benzene rings is 3. The molecule has 32 heavy (non-hydrogen) atoms. The molecule has 0 spiro atoms. The lowest BCUT2D eigenvalue weighted by Gasteiger charge is -2.23. The first-order valence-corrected chi connectivity index (χ1v) is 11.1. The first-order chi connectivity index (χ1) is 15.3. The number of hydrogen-bond donors (Lipinski definition) is 1. The Labute approximate surface area is 197 Å². The van der Waals surface area contributed by atoms with Gasteiger partial charge in [-0.05, 0) is 59.0 Å². The fourth-order valence-electron chi connectivity index (χ4n) is 2.96. The van der Waals surface area contributed by atoms with Crippen LogP contribution in [-0.2, 0) is 16.8 Å². The number of nitrogens with one attached hydrogen (secondary N) is 1. The Kier molecular flexibility index (Phi) is 8.06. The zero-order valence-corrected chi connectivity index (χ0v) is 20.1. The van der Waals surface area contributed by atoms with E-state index in [2.05, 4.69) is 47.2 Å². The van der Waals surface area contributed by atoms with Crippen LogP contribution in [0.25, 0.3) is 0 Å². The molecular formula is C26H27BrN2O3. The fourth-order valence-corrected chi connectivity index (χ4v) is 3.32. The summed E-state index contributed by atoms with van der Waals surface area (Å²) in [5.74, 6) is 1.13. The standard InChI is InChI=1S/C26H27BrN2O3/c1-26(2,3)23-15-21(27)11-14-24(23)32-18-25(30)29-28-16-19-9-12-22(13-10-19)31-17-20-7-5-4-6-8-20/h4-16H,17-18H2,1-3H3,(H,29,30)/b28-16+. The van der Waals surface area contributed by atoms with E-state index in [1.165, 1.54) is 0 Å². The van der Waals surface area contributed by atoms with Gasteiger partial charge in [0.05, 0.1) is 6.21 Å². The summed E-state index contributed by atoms with van der Waals surface area (Å²) in [6, 6.07) is 23.3. The van der Waals surface area contributed by atoms with Crippen molar-refractivity contribution in [3.63, 3.8) is 0 Å². The van der Waals surface area contributed by atoms with E-state index in [4.69, 9.17) is 9.47 Å². The molecule has 3 aromatic carbocycles. The third-order valence-electron chi connectivity index (χ3n) is 4.64. The van der Waals surface area contributed by atoms with Crippen molar-refractivity contribution in [3.8, 4) is 11.5 Å². The number of rotatable bonds is 8. The molecule has 166 valence electrons. The number of amides is 1. The van der Waals surface area contributed by atoms with Crippen LogP contribution in [0, 0.1) is 0 Å². The van der Waals surface area contributed by atoms with Crippen molar-refractivity contribution in [2.45, 2.75) is 32.8 Å². The quantitative estimate of drug-likeness (QED) is 0.315. The summed E-state index contributed by atoms with van der Waals surface area (Å²) in [5.41, 5.74) is 5.38. The smallest absolute Gasteiger partial charge is 0.277 e. The summed E-state index contributed by atoms with van der Waals surface area (Å²) in [6.07, 6.45) is 1.58. The van der Waals surface area contributed by atoms with Gasteiger partial charge in [0.1, 0.15) is 18.1 Å². The molecule has 0 aliphatic heterocycles. The molecule has 0 aliphatic carbocycles. The molecule has 0 heterocycles. The highest BCUT2D eigenvalue weighted by Gasteiger charge is 2.19. The van der Waals surface area contributed by atoms with Gasteiger partial charge in [0.25, 0.3) is 5.91 Å². The maximum Gasteiger partial charge on any atom is 0.277 e. The molecule has 0 unspecified atom stereocenters. The maximum atomic E-state index is 12.1. The van der Waals surface area contributed by atoms with Crippen LogP contribution in [0.3, 0.4) is 0 Å². The minimum Gasteiger partial charge on any atom is -0.489 e. The molecule has 5 nitrogen and oxygen atoms in total. The molecule has 0 fully saturated rings. The Bertz CT molecular complexity index is 1060. The molecule has 0 saturated heterocycles. The Morgan fingerprint density at radius 3 is 2.41 bits per heavy atom. The second kappa shape index (κ2) is 11.0. The topological polar surface area (TPSA) is 59.9 Å². The lowest BCUT2D eigenvalue weighted by atomic mass is 9.86. The van der Waals surface area contributed by atoms with Crippen molar-refractivity contribution in [2.75, 3.05) is 6.61 Å². The van der Waals surface area contributed by atoms with E-state index < -0.39 is 0 Å². The molecule has 0 aromatic heterocycles. The number of halogens is 1. The van der Waals surface area contributed by atoms with Crippen LogP contribution in [0.15, 0.2) is 82.4 Å². The van der Waals surface area contributed by atoms with Crippen LogP contribution in [0.2, 0.25) is 0 Å². The molecule has 3 aromatic rings. The molecule has 0 aliphatic rings. The van der Waals surface area contributed by atoms with Crippen LogP contribution in [-0.4, -0.2) is 18.7 Å². The Morgan fingerprint density at radius 2 is 1.72 bits per heavy atom. The number of hydrazone groups is 1. The van der Waals surface area contributed by atoms with Gasteiger partial charge in [-0.25, -0.2) is 5.43 Å². The van der Waals surface area contributed by atoms with Crippen LogP contribution < -0.4 is 14.9 Å². The second-order valence-corrected chi connectivity index (χ2v) is 9.23. The van der Waals surface area contributed by atoms with Crippen LogP contribution in [0.1, 0.15) is 37.5 Å². The fraction of sp³-hybridized carbons (Fsp3) is 0.231. The minimum absolute atomic E-state index is 0.106. The van der Waals surface area contributed by atoms with Gasteiger partial charge >= 0.3 is 0 Å². The van der Waals surface area contributed by atoms with Crippen molar-refractivity contribution in [2.24, 2.45) is 5.10 Å². The number of hydrogen-bond acceptors (Lipinski definition) is 4. The highest BCUT2D eigenvalue weighted by Crippen LogP contribution is 2.33. The molecule has 0 saturated carbocycles. The van der Waals surface area contributed by atoms with E-state index in [0.29, 0.717) is 12.4 Å². The van der Waals surface area contributed by atoms with Gasteiger partial charge in [0.15, 0.2) is 6.61 Å². The summed E-state index contributed by atoms with van der Waals surface area (Å²) >= 11 is 3.49. The van der Waals surface area contributed by atoms with E-state index in [1.54, 1.807) is 6.21 Å². The first kappa shape index (κ1) is 23.5. The van der Waals surface area contributed by atoms with Gasteiger partial charge in [0, 0.05) is 10.0 Å². The van der Waals surface area contributed by atoms with Crippen LogP contribution in [0.4, 0.5) is 0 Å². The molecule has 0 radical (unpaired) electrons. The lowest BCUT2D eigenvalue weighted by molar-refractivity contribution is -0.123. The SMILES string of the molecule is CC(C)(C)c1cc(Br)ccc1OCC(=O)N/N=C/c1ccc(OCc2ccccc2)cc1. The van der Waals surface area contributed by atoms with Gasteiger partial charge in [-0.3, -0.25) is 4.79 Å². The molecule has 0 atom stereocenters. The molecular weight excluding hydrogens is 468 g/mol. The second-order valence-electron chi connectivity index (χ2n) is 8.32. The van der Waals surface area contributed by atoms with Gasteiger partial charge in [-0.15, -0.1) is 0 Å². The van der Waals surface area contributed by atoms with Crippen molar-refractivity contribution in [1.29, 1.82) is 0 Å². The highest BCUT2D eigenvalue weighted by atomic mass is 79.9. The summed E-state index contributed by atoms with van der Waals surface area (Å²) in [5, 5.41) is 4.01. The highest BCUT2D eigenvalue weighted by molar-refractivity contribution is 9.10. The normalized spacial score (nSPS) is 11.4. The lowest BCUT2D eigenvalue weighted by Crippen LogP contribution is -2.25. The van der Waals surface area contributed by atoms with E-state index in [9.17, 15) is 4.79 Å². The average molecular weight is 495 g/mol. The van der Waals surface area contributed by atoms with E-state index in [0.717, 1.165) is 26.9 Å². The third-order valence-corrected chi connectivity index (χ3v) is 5.13. The summed E-state index contributed by atoms with van der Waals surface area (Å²) in [7, 11) is 0. The predicted molar refractivity (Wildman–Crippen MR) is 131 cm³/mol. The zero-order chi connectivity index (χ0) is 23.0. The predicted octanol–water partition coefficient (Wildman–Crippen LogP) is 5.85. The van der Waals surface area contributed by atoms with Crippen molar-refractivity contribution >= 4 is 28.1 Å². The first-order valence-electron chi connectivity index (χ1n) is 10.3. The molecule has 1 amide bonds. The zero-order valence-electron chi connectivity index (χ0n) is 18.5. The number of carbonyl (C=O) groups is 1. The maximum absolute atomic E-state index is 12.1. The number of ether oxygens (including phenoxy) is 2. The van der Waals surface area contributed by atoms with E-state index >= 15 is 0 Å². The largest absolute Gasteiger partial charge is 0.489 e. The summed E-state index contributed by atoms with van der Waals surface area (Å²) < 4.78 is 12.5. The van der Waals surface area contributed by atoms with Crippen molar-refractivity contribution < 1.29 is 14.3 Å². The minimum atomic E-state index is -0.327. The van der Waals surface area contributed by atoms with Crippen LogP contribution in [0.5, 0.6) is 11.5 Å².